The molecule has 1 heterocycles. The Balaban J connectivity index is 2.43. The van der Waals surface area contributed by atoms with E-state index in [1.165, 1.54) is 12.0 Å². The maximum absolute atomic E-state index is 10.7. The number of anilines is 1. The minimum absolute atomic E-state index is 0.707. The highest BCUT2D eigenvalue weighted by molar-refractivity contribution is 5.82. The molecule has 0 saturated heterocycles. The molecule has 17 heavy (non-hydrogen) atoms. The van der Waals surface area contributed by atoms with Crippen molar-refractivity contribution in [2.75, 3.05) is 5.32 Å². The molecule has 2 rings (SSSR count). The van der Waals surface area contributed by atoms with Crippen molar-refractivity contribution >= 4 is 17.8 Å². The number of allylic oxidation sites excluding steroid dienone is 2. The number of carbonyl (C=O) groups excluding carboxylic acids is 1. The molecule has 0 fully saturated rings. The summed E-state index contributed by atoms with van der Waals surface area (Å²) in [6.07, 6.45) is 6.43. The summed E-state index contributed by atoms with van der Waals surface area (Å²) in [5.41, 5.74) is 3.40. The Morgan fingerprint density at radius 2 is 2.35 bits per heavy atom. The van der Waals surface area contributed by atoms with Crippen molar-refractivity contribution in [1.29, 1.82) is 0 Å². The molecule has 1 N–H and O–H groups in total. The second-order valence-corrected chi connectivity index (χ2v) is 4.81. The number of amides is 1. The van der Waals surface area contributed by atoms with Crippen molar-refractivity contribution in [1.82, 2.24) is 9.78 Å². The van der Waals surface area contributed by atoms with Crippen molar-refractivity contribution in [3.05, 3.63) is 17.3 Å². The van der Waals surface area contributed by atoms with E-state index in [-0.39, 0.29) is 0 Å². The van der Waals surface area contributed by atoms with Crippen LogP contribution in [0, 0.1) is 12.8 Å². The molecule has 4 nitrogen and oxygen atoms in total. The van der Waals surface area contributed by atoms with Crippen molar-refractivity contribution in [2.24, 2.45) is 13.0 Å². The van der Waals surface area contributed by atoms with E-state index in [0.717, 1.165) is 29.9 Å². The predicted molar refractivity (Wildman–Crippen MR) is 68.6 cm³/mol. The fourth-order valence-electron chi connectivity index (χ4n) is 2.57. The molecule has 1 atom stereocenters. The van der Waals surface area contributed by atoms with Crippen LogP contribution in [0.2, 0.25) is 0 Å². The summed E-state index contributed by atoms with van der Waals surface area (Å²) in [5, 5.41) is 7.14. The lowest BCUT2D eigenvalue weighted by Gasteiger charge is -2.19. The van der Waals surface area contributed by atoms with Gasteiger partial charge < -0.3 is 5.32 Å². The van der Waals surface area contributed by atoms with Gasteiger partial charge in [0.25, 0.3) is 0 Å². The molecule has 4 heteroatoms. The third-order valence-electron chi connectivity index (χ3n) is 3.36. The Morgan fingerprint density at radius 3 is 3.00 bits per heavy atom. The van der Waals surface area contributed by atoms with E-state index in [0.29, 0.717) is 12.3 Å². The van der Waals surface area contributed by atoms with Crippen LogP contribution in [-0.4, -0.2) is 16.2 Å². The Hall–Kier alpha value is -1.58. The zero-order valence-electron chi connectivity index (χ0n) is 10.7. The monoisotopic (exact) mass is 233 g/mol. The first-order valence-corrected chi connectivity index (χ1v) is 6.06. The highest BCUT2D eigenvalue weighted by Gasteiger charge is 2.20. The quantitative estimate of drug-likeness (QED) is 0.815. The van der Waals surface area contributed by atoms with Gasteiger partial charge >= 0.3 is 0 Å². The number of carbonyl (C=O) groups is 1. The van der Waals surface area contributed by atoms with E-state index in [1.807, 2.05) is 14.0 Å². The van der Waals surface area contributed by atoms with Gasteiger partial charge in [0.15, 0.2) is 0 Å². The third kappa shape index (κ3) is 2.25. The van der Waals surface area contributed by atoms with Crippen LogP contribution in [0.3, 0.4) is 0 Å². The normalized spacial score (nSPS) is 19.9. The van der Waals surface area contributed by atoms with Crippen molar-refractivity contribution in [3.63, 3.8) is 0 Å². The third-order valence-corrected chi connectivity index (χ3v) is 3.36. The molecular formula is C13H19N3O. The fraction of sp³-hybridized carbons (Fsp3) is 0.538. The van der Waals surface area contributed by atoms with Crippen LogP contribution in [0.1, 0.15) is 37.4 Å². The van der Waals surface area contributed by atoms with Gasteiger partial charge in [0.2, 0.25) is 6.41 Å². The lowest BCUT2D eigenvalue weighted by atomic mass is 9.86. The Bertz CT molecular complexity index is 459. The zero-order valence-corrected chi connectivity index (χ0v) is 10.7. The molecule has 1 aromatic heterocycles. The number of hydrogen-bond donors (Lipinski definition) is 1. The molecule has 0 saturated carbocycles. The van der Waals surface area contributed by atoms with Crippen LogP contribution >= 0.6 is 0 Å². The van der Waals surface area contributed by atoms with Gasteiger partial charge in [-0.15, -0.1) is 0 Å². The van der Waals surface area contributed by atoms with E-state index in [2.05, 4.69) is 23.4 Å². The summed E-state index contributed by atoms with van der Waals surface area (Å²) >= 11 is 0. The Labute approximate surface area is 102 Å². The average Bonchev–Trinajstić information content (AvgIpc) is 2.54. The number of hydrogen-bond acceptors (Lipinski definition) is 2. The SMILES string of the molecule is Cc1nn(C)c(NC=O)c1C1=CCCC(C)C1. The van der Waals surface area contributed by atoms with Crippen LogP contribution in [0.15, 0.2) is 6.08 Å². The maximum atomic E-state index is 10.7. The Morgan fingerprint density at radius 1 is 1.59 bits per heavy atom. The molecule has 0 spiro atoms. The highest BCUT2D eigenvalue weighted by atomic mass is 16.1. The summed E-state index contributed by atoms with van der Waals surface area (Å²) in [4.78, 5) is 10.7. The minimum atomic E-state index is 0.707. The molecular weight excluding hydrogens is 214 g/mol. The van der Waals surface area contributed by atoms with Crippen LogP contribution in [0.5, 0.6) is 0 Å². The number of rotatable bonds is 3. The molecule has 1 unspecified atom stereocenters. The standard InChI is InChI=1S/C13H19N3O/c1-9-5-4-6-11(7-9)12-10(2)15-16(3)13(12)14-8-17/h6,8-9H,4-5,7H2,1-3H3,(H,14,17). The first kappa shape index (κ1) is 11.9. The molecule has 0 radical (unpaired) electrons. The van der Waals surface area contributed by atoms with E-state index in [1.54, 1.807) is 4.68 Å². The van der Waals surface area contributed by atoms with Crippen molar-refractivity contribution in [3.8, 4) is 0 Å². The van der Waals surface area contributed by atoms with Gasteiger partial charge in [-0.25, -0.2) is 0 Å². The second-order valence-electron chi connectivity index (χ2n) is 4.81. The van der Waals surface area contributed by atoms with Crippen molar-refractivity contribution < 1.29 is 4.79 Å². The van der Waals surface area contributed by atoms with Crippen LogP contribution in [0.25, 0.3) is 5.57 Å². The van der Waals surface area contributed by atoms with Crippen molar-refractivity contribution in [2.45, 2.75) is 33.1 Å². The molecule has 1 aromatic rings. The van der Waals surface area contributed by atoms with Gasteiger partial charge in [0.1, 0.15) is 5.82 Å². The Kier molecular flexibility index (Phi) is 3.31. The summed E-state index contributed by atoms with van der Waals surface area (Å²) in [6.45, 7) is 4.26. The van der Waals surface area contributed by atoms with Gasteiger partial charge in [-0.3, -0.25) is 9.48 Å². The van der Waals surface area contributed by atoms with Gasteiger partial charge in [-0.2, -0.15) is 5.10 Å². The smallest absolute Gasteiger partial charge is 0.212 e. The van der Waals surface area contributed by atoms with Crippen LogP contribution in [-0.2, 0) is 11.8 Å². The molecule has 0 aromatic carbocycles. The van der Waals surface area contributed by atoms with E-state index in [9.17, 15) is 4.79 Å². The van der Waals surface area contributed by atoms with Gasteiger partial charge in [0.05, 0.1) is 5.69 Å². The summed E-state index contributed by atoms with van der Waals surface area (Å²) in [7, 11) is 1.86. The molecule has 1 amide bonds. The topological polar surface area (TPSA) is 46.9 Å². The first-order valence-electron chi connectivity index (χ1n) is 6.06. The summed E-state index contributed by atoms with van der Waals surface area (Å²) in [5.74, 6) is 1.51. The maximum Gasteiger partial charge on any atom is 0.212 e. The zero-order chi connectivity index (χ0) is 12.4. The highest BCUT2D eigenvalue weighted by Crippen LogP contribution is 2.35. The van der Waals surface area contributed by atoms with Gasteiger partial charge in [0, 0.05) is 12.6 Å². The van der Waals surface area contributed by atoms with E-state index in [4.69, 9.17) is 0 Å². The average molecular weight is 233 g/mol. The largest absolute Gasteiger partial charge is 0.313 e. The van der Waals surface area contributed by atoms with E-state index < -0.39 is 0 Å². The minimum Gasteiger partial charge on any atom is -0.313 e. The fourth-order valence-corrected chi connectivity index (χ4v) is 2.57. The number of aromatic nitrogens is 2. The number of nitrogens with zero attached hydrogens (tertiary/aromatic N) is 2. The summed E-state index contributed by atoms with van der Waals surface area (Å²) < 4.78 is 1.74. The molecule has 1 aliphatic carbocycles. The lowest BCUT2D eigenvalue weighted by Crippen LogP contribution is -2.06. The van der Waals surface area contributed by atoms with Crippen LogP contribution < -0.4 is 5.32 Å². The first-order chi connectivity index (χ1) is 8.13. The number of aryl methyl sites for hydroxylation is 2. The second kappa shape index (κ2) is 4.73. The molecule has 0 bridgehead atoms. The molecule has 92 valence electrons. The van der Waals surface area contributed by atoms with Gasteiger partial charge in [-0.1, -0.05) is 13.0 Å². The van der Waals surface area contributed by atoms with Gasteiger partial charge in [-0.05, 0) is 37.7 Å². The molecule has 0 aliphatic heterocycles. The lowest BCUT2D eigenvalue weighted by molar-refractivity contribution is -0.105. The number of nitrogens with one attached hydrogen (secondary N) is 1. The summed E-state index contributed by atoms with van der Waals surface area (Å²) in [6, 6.07) is 0. The predicted octanol–water partition coefficient (Wildman–Crippen LogP) is 2.50. The molecule has 1 aliphatic rings. The van der Waals surface area contributed by atoms with E-state index >= 15 is 0 Å². The van der Waals surface area contributed by atoms with Crippen LogP contribution in [0.4, 0.5) is 5.82 Å².